The van der Waals surface area contributed by atoms with Gasteiger partial charge in [-0.05, 0) is 42.9 Å². The van der Waals surface area contributed by atoms with Gasteiger partial charge in [0.15, 0.2) is 0 Å². The molecule has 23 heavy (non-hydrogen) atoms. The highest BCUT2D eigenvalue weighted by molar-refractivity contribution is 5.74. The minimum Gasteiger partial charge on any atom is -0.352 e. The number of nitrogens with zero attached hydrogens (tertiary/aromatic N) is 2. The summed E-state index contributed by atoms with van der Waals surface area (Å²) in [6, 6.07) is 15.3. The summed E-state index contributed by atoms with van der Waals surface area (Å²) in [5.41, 5.74) is 6.28. The van der Waals surface area contributed by atoms with Crippen LogP contribution in [0, 0.1) is 12.8 Å². The first kappa shape index (κ1) is 15.8. The fraction of sp³-hybridized carbons (Fsp3) is 0.381. The maximum Gasteiger partial charge on any atom is 0.0919 e. The first-order valence-corrected chi connectivity index (χ1v) is 8.40. The Morgan fingerprint density at radius 2 is 1.74 bits per heavy atom. The summed E-state index contributed by atoms with van der Waals surface area (Å²) in [6.45, 7) is 9.02. The van der Waals surface area contributed by atoms with Gasteiger partial charge in [-0.15, -0.1) is 0 Å². The van der Waals surface area contributed by atoms with E-state index in [1.807, 2.05) is 6.34 Å². The van der Waals surface area contributed by atoms with Gasteiger partial charge < -0.3 is 4.90 Å². The number of hydrogen-bond acceptors (Lipinski definition) is 2. The lowest BCUT2D eigenvalue weighted by molar-refractivity contribution is 0.290. The van der Waals surface area contributed by atoms with E-state index < -0.39 is 0 Å². The summed E-state index contributed by atoms with van der Waals surface area (Å²) in [5.74, 6) is 0.626. The second-order valence-electron chi connectivity index (χ2n) is 7.15. The van der Waals surface area contributed by atoms with Crippen LogP contribution in [0.15, 0.2) is 47.5 Å². The van der Waals surface area contributed by atoms with Crippen molar-refractivity contribution in [3.8, 4) is 0 Å². The van der Waals surface area contributed by atoms with Crippen molar-refractivity contribution in [3.63, 3.8) is 0 Å². The molecule has 1 aliphatic rings. The van der Waals surface area contributed by atoms with Gasteiger partial charge in [0.25, 0.3) is 0 Å². The van der Waals surface area contributed by atoms with E-state index >= 15 is 0 Å². The van der Waals surface area contributed by atoms with Gasteiger partial charge in [-0.2, -0.15) is 0 Å². The topological polar surface area (TPSA) is 15.6 Å². The predicted molar refractivity (Wildman–Crippen MR) is 98.5 cm³/mol. The molecule has 0 fully saturated rings. The molecule has 120 valence electrons. The Bertz CT molecular complexity index is 745. The van der Waals surface area contributed by atoms with Crippen LogP contribution in [0.1, 0.15) is 43.0 Å². The molecule has 2 nitrogen and oxygen atoms in total. The van der Waals surface area contributed by atoms with Crippen molar-refractivity contribution in [1.29, 1.82) is 0 Å². The van der Waals surface area contributed by atoms with Gasteiger partial charge in [0.05, 0.1) is 17.6 Å². The van der Waals surface area contributed by atoms with E-state index in [9.17, 15) is 0 Å². The van der Waals surface area contributed by atoms with E-state index in [2.05, 4.69) is 82.1 Å². The van der Waals surface area contributed by atoms with Crippen molar-refractivity contribution in [3.05, 3.63) is 64.7 Å². The number of benzene rings is 2. The van der Waals surface area contributed by atoms with Crippen LogP contribution < -0.4 is 0 Å². The average Bonchev–Trinajstić information content (AvgIpc) is 2.51. The molecule has 1 unspecified atom stereocenters. The van der Waals surface area contributed by atoms with Crippen molar-refractivity contribution in [2.45, 2.75) is 39.7 Å². The van der Waals surface area contributed by atoms with Gasteiger partial charge in [0.1, 0.15) is 0 Å². The maximum absolute atomic E-state index is 4.78. The fourth-order valence-electron chi connectivity index (χ4n) is 3.65. The second kappa shape index (κ2) is 5.84. The summed E-state index contributed by atoms with van der Waals surface area (Å²) < 4.78 is 0. The first-order chi connectivity index (χ1) is 10.9. The molecule has 0 amide bonds. The number of hydrogen-bond donors (Lipinski definition) is 0. The molecular formula is C21H26N2. The van der Waals surface area contributed by atoms with Crippen molar-refractivity contribution >= 4 is 12.0 Å². The molecule has 1 aliphatic heterocycles. The Morgan fingerprint density at radius 1 is 1.04 bits per heavy atom. The quantitative estimate of drug-likeness (QED) is 0.773. The highest BCUT2D eigenvalue weighted by Gasteiger charge is 2.38. The van der Waals surface area contributed by atoms with Gasteiger partial charge in [-0.25, -0.2) is 4.99 Å². The van der Waals surface area contributed by atoms with Gasteiger partial charge in [0.2, 0.25) is 0 Å². The Kier molecular flexibility index (Phi) is 4.01. The molecule has 0 radical (unpaired) electrons. The molecule has 0 saturated carbocycles. The van der Waals surface area contributed by atoms with Crippen LogP contribution in [-0.4, -0.2) is 18.3 Å². The van der Waals surface area contributed by atoms with Crippen LogP contribution in [0.4, 0.5) is 5.69 Å². The lowest BCUT2D eigenvalue weighted by Crippen LogP contribution is -2.43. The van der Waals surface area contributed by atoms with Crippen molar-refractivity contribution < 1.29 is 0 Å². The first-order valence-electron chi connectivity index (χ1n) is 8.40. The number of para-hydroxylation sites is 1. The summed E-state index contributed by atoms with van der Waals surface area (Å²) in [4.78, 5) is 7.01. The molecule has 2 aromatic rings. The van der Waals surface area contributed by atoms with Gasteiger partial charge >= 0.3 is 0 Å². The third-order valence-corrected chi connectivity index (χ3v) is 5.01. The lowest BCUT2D eigenvalue weighted by Gasteiger charge is -2.43. The standard InChI is InChI=1S/C21H26N2/c1-15(2)13-17-10-8-12-19-20(17)22-14-23(5)21(19,4)18-11-7-6-9-16(18)3/h6-12,14-15H,13H2,1-5H3. The minimum absolute atomic E-state index is 0.185. The summed E-state index contributed by atoms with van der Waals surface area (Å²) in [5, 5.41) is 0. The van der Waals surface area contributed by atoms with Crippen LogP contribution in [-0.2, 0) is 12.0 Å². The molecule has 0 spiro atoms. The zero-order valence-electron chi connectivity index (χ0n) is 14.8. The number of rotatable bonds is 3. The SMILES string of the molecule is Cc1ccccc1C1(C)c2cccc(CC(C)C)c2N=CN1C. The van der Waals surface area contributed by atoms with Crippen LogP contribution >= 0.6 is 0 Å². The smallest absolute Gasteiger partial charge is 0.0919 e. The second-order valence-corrected chi connectivity index (χ2v) is 7.15. The Labute approximate surface area is 139 Å². The molecule has 0 saturated heterocycles. The molecule has 2 aromatic carbocycles. The number of fused-ring (bicyclic) bond motifs is 1. The normalized spacial score (nSPS) is 20.0. The summed E-state index contributed by atoms with van der Waals surface area (Å²) in [7, 11) is 2.12. The van der Waals surface area contributed by atoms with Gasteiger partial charge in [-0.1, -0.05) is 56.3 Å². The largest absolute Gasteiger partial charge is 0.352 e. The molecular weight excluding hydrogens is 280 g/mol. The maximum atomic E-state index is 4.78. The number of aryl methyl sites for hydroxylation is 1. The third-order valence-electron chi connectivity index (χ3n) is 5.01. The van der Waals surface area contributed by atoms with E-state index in [0.717, 1.165) is 12.1 Å². The van der Waals surface area contributed by atoms with Gasteiger partial charge in [0, 0.05) is 12.6 Å². The lowest BCUT2D eigenvalue weighted by atomic mass is 9.78. The molecule has 0 N–H and O–H groups in total. The zero-order chi connectivity index (χ0) is 16.6. The van der Waals surface area contributed by atoms with E-state index in [-0.39, 0.29) is 5.54 Å². The van der Waals surface area contributed by atoms with Crippen molar-refractivity contribution in [2.75, 3.05) is 7.05 Å². The van der Waals surface area contributed by atoms with Crippen LogP contribution in [0.2, 0.25) is 0 Å². The third kappa shape index (κ3) is 2.56. The van der Waals surface area contributed by atoms with Crippen molar-refractivity contribution in [2.24, 2.45) is 10.9 Å². The molecule has 0 aromatic heterocycles. The van der Waals surface area contributed by atoms with Gasteiger partial charge in [-0.3, -0.25) is 0 Å². The van der Waals surface area contributed by atoms with Crippen LogP contribution in [0.25, 0.3) is 0 Å². The Hall–Kier alpha value is -2.09. The molecule has 1 atom stereocenters. The molecule has 0 bridgehead atoms. The molecule has 3 rings (SSSR count). The highest BCUT2D eigenvalue weighted by Crippen LogP contribution is 2.44. The minimum atomic E-state index is -0.185. The highest BCUT2D eigenvalue weighted by atomic mass is 15.2. The Morgan fingerprint density at radius 3 is 2.43 bits per heavy atom. The monoisotopic (exact) mass is 306 g/mol. The molecule has 2 heteroatoms. The van der Waals surface area contributed by atoms with E-state index in [1.54, 1.807) is 0 Å². The summed E-state index contributed by atoms with van der Waals surface area (Å²) >= 11 is 0. The molecule has 0 aliphatic carbocycles. The number of aliphatic imine (C=N–C) groups is 1. The molecule has 1 heterocycles. The van der Waals surface area contributed by atoms with Crippen LogP contribution in [0.5, 0.6) is 0 Å². The summed E-state index contributed by atoms with van der Waals surface area (Å²) in [6.07, 6.45) is 3.05. The van der Waals surface area contributed by atoms with E-state index in [1.165, 1.54) is 22.3 Å². The predicted octanol–water partition coefficient (Wildman–Crippen LogP) is 5.06. The Balaban J connectivity index is 2.22. The average molecular weight is 306 g/mol. The zero-order valence-corrected chi connectivity index (χ0v) is 14.8. The van der Waals surface area contributed by atoms with E-state index in [4.69, 9.17) is 4.99 Å². The van der Waals surface area contributed by atoms with E-state index in [0.29, 0.717) is 5.92 Å². The fourth-order valence-corrected chi connectivity index (χ4v) is 3.65. The van der Waals surface area contributed by atoms with Crippen molar-refractivity contribution in [1.82, 2.24) is 4.90 Å². The van der Waals surface area contributed by atoms with Crippen LogP contribution in [0.3, 0.4) is 0 Å².